The monoisotopic (exact) mass is 126 g/mol. The number of aliphatic hydroxyl groups excluding tert-OH is 1. The highest BCUT2D eigenvalue weighted by molar-refractivity contribution is 5.90. The van der Waals surface area contributed by atoms with Gasteiger partial charge in [0, 0.05) is 13.0 Å². The Labute approximate surface area is 54.2 Å². The maximum atomic E-state index is 10.6. The van der Waals surface area contributed by atoms with Gasteiger partial charge in [-0.2, -0.15) is 0 Å². The average molecular weight is 126 g/mol. The summed E-state index contributed by atoms with van der Waals surface area (Å²) in [7, 11) is 0. The van der Waals surface area contributed by atoms with E-state index in [0.717, 1.165) is 6.42 Å². The molecular formula is C7H10O2. The molecule has 50 valence electrons. The molecule has 2 heteroatoms. The van der Waals surface area contributed by atoms with Gasteiger partial charge in [0.15, 0.2) is 5.78 Å². The molecule has 1 atom stereocenters. The molecule has 0 radical (unpaired) electrons. The second-order valence-electron chi connectivity index (χ2n) is 2.36. The fraction of sp³-hybridized carbons (Fsp3) is 0.571. The summed E-state index contributed by atoms with van der Waals surface area (Å²) in [4.78, 5) is 10.6. The van der Waals surface area contributed by atoms with Crippen LogP contribution < -0.4 is 0 Å². The zero-order valence-electron chi connectivity index (χ0n) is 5.21. The molecule has 0 fully saturated rings. The van der Waals surface area contributed by atoms with Crippen molar-refractivity contribution in [2.75, 3.05) is 6.61 Å². The number of rotatable bonds is 1. The SMILES string of the molecule is O=C1C=CC[C@H](CO)C1. The predicted octanol–water partition coefficient (Wildman–Crippen LogP) is 0.514. The van der Waals surface area contributed by atoms with Crippen LogP contribution in [-0.2, 0) is 4.79 Å². The number of carbonyl (C=O) groups excluding carboxylic acids is 1. The van der Waals surface area contributed by atoms with Gasteiger partial charge >= 0.3 is 0 Å². The summed E-state index contributed by atoms with van der Waals surface area (Å²) in [5, 5.41) is 8.62. The van der Waals surface area contributed by atoms with E-state index in [0.29, 0.717) is 6.42 Å². The molecular weight excluding hydrogens is 116 g/mol. The van der Waals surface area contributed by atoms with Crippen LogP contribution >= 0.6 is 0 Å². The van der Waals surface area contributed by atoms with E-state index >= 15 is 0 Å². The number of carbonyl (C=O) groups is 1. The Bertz CT molecular complexity index is 138. The van der Waals surface area contributed by atoms with Crippen molar-refractivity contribution in [3.8, 4) is 0 Å². The number of ketones is 1. The van der Waals surface area contributed by atoms with Gasteiger partial charge in [0.25, 0.3) is 0 Å². The zero-order valence-corrected chi connectivity index (χ0v) is 5.21. The Morgan fingerprint density at radius 1 is 1.78 bits per heavy atom. The maximum absolute atomic E-state index is 10.6. The number of hydrogen-bond acceptors (Lipinski definition) is 2. The summed E-state index contributed by atoms with van der Waals surface area (Å²) in [6.45, 7) is 0.135. The van der Waals surface area contributed by atoms with Crippen molar-refractivity contribution in [2.45, 2.75) is 12.8 Å². The predicted molar refractivity (Wildman–Crippen MR) is 34.0 cm³/mol. The molecule has 2 nitrogen and oxygen atoms in total. The molecule has 0 saturated carbocycles. The Morgan fingerprint density at radius 3 is 3.00 bits per heavy atom. The van der Waals surface area contributed by atoms with Gasteiger partial charge in [0.05, 0.1) is 0 Å². The van der Waals surface area contributed by atoms with E-state index in [1.165, 1.54) is 0 Å². The summed E-state index contributed by atoms with van der Waals surface area (Å²) >= 11 is 0. The van der Waals surface area contributed by atoms with E-state index in [1.54, 1.807) is 6.08 Å². The van der Waals surface area contributed by atoms with Crippen LogP contribution in [0.15, 0.2) is 12.2 Å². The molecule has 1 aliphatic carbocycles. The zero-order chi connectivity index (χ0) is 6.69. The molecule has 0 heterocycles. The third-order valence-electron chi connectivity index (χ3n) is 1.52. The van der Waals surface area contributed by atoms with Crippen molar-refractivity contribution in [1.82, 2.24) is 0 Å². The standard InChI is InChI=1S/C7H10O2/c8-5-6-2-1-3-7(9)4-6/h1,3,6,8H,2,4-5H2/t6-/m0/s1. The van der Waals surface area contributed by atoms with Gasteiger partial charge < -0.3 is 5.11 Å². The molecule has 0 aromatic carbocycles. The summed E-state index contributed by atoms with van der Waals surface area (Å²) in [6, 6.07) is 0. The molecule has 1 rings (SSSR count). The molecule has 0 aromatic rings. The number of hydrogen-bond donors (Lipinski definition) is 1. The normalized spacial score (nSPS) is 26.8. The quantitative estimate of drug-likeness (QED) is 0.556. The van der Waals surface area contributed by atoms with Crippen LogP contribution in [0.2, 0.25) is 0 Å². The van der Waals surface area contributed by atoms with E-state index < -0.39 is 0 Å². The van der Waals surface area contributed by atoms with Crippen LogP contribution in [0.1, 0.15) is 12.8 Å². The molecule has 1 N–H and O–H groups in total. The summed E-state index contributed by atoms with van der Waals surface area (Å²) in [5.41, 5.74) is 0. The Balaban J connectivity index is 2.47. The smallest absolute Gasteiger partial charge is 0.155 e. The van der Waals surface area contributed by atoms with Crippen molar-refractivity contribution >= 4 is 5.78 Å². The van der Waals surface area contributed by atoms with Crippen LogP contribution in [-0.4, -0.2) is 17.5 Å². The summed E-state index contributed by atoms with van der Waals surface area (Å²) in [6.07, 6.45) is 4.79. The molecule has 0 unspecified atom stereocenters. The molecule has 0 aliphatic heterocycles. The largest absolute Gasteiger partial charge is 0.396 e. The van der Waals surface area contributed by atoms with Crippen molar-refractivity contribution in [3.05, 3.63) is 12.2 Å². The first-order valence-electron chi connectivity index (χ1n) is 3.13. The lowest BCUT2D eigenvalue weighted by Crippen LogP contribution is -2.13. The first kappa shape index (κ1) is 6.49. The van der Waals surface area contributed by atoms with Gasteiger partial charge in [-0.3, -0.25) is 4.79 Å². The maximum Gasteiger partial charge on any atom is 0.155 e. The Hall–Kier alpha value is -0.630. The minimum Gasteiger partial charge on any atom is -0.396 e. The molecule has 0 bridgehead atoms. The fourth-order valence-electron chi connectivity index (χ4n) is 0.967. The topological polar surface area (TPSA) is 37.3 Å². The first-order valence-corrected chi connectivity index (χ1v) is 3.13. The van der Waals surface area contributed by atoms with Crippen molar-refractivity contribution in [2.24, 2.45) is 5.92 Å². The highest BCUT2D eigenvalue weighted by Gasteiger charge is 2.13. The Morgan fingerprint density at radius 2 is 2.56 bits per heavy atom. The molecule has 0 amide bonds. The van der Waals surface area contributed by atoms with Crippen LogP contribution in [0.3, 0.4) is 0 Å². The fourth-order valence-corrected chi connectivity index (χ4v) is 0.967. The first-order chi connectivity index (χ1) is 4.33. The molecule has 0 spiro atoms. The molecule has 0 aromatic heterocycles. The van der Waals surface area contributed by atoms with Crippen LogP contribution in [0, 0.1) is 5.92 Å². The van der Waals surface area contributed by atoms with Crippen molar-refractivity contribution in [1.29, 1.82) is 0 Å². The highest BCUT2D eigenvalue weighted by Crippen LogP contribution is 2.13. The van der Waals surface area contributed by atoms with Crippen molar-refractivity contribution < 1.29 is 9.90 Å². The summed E-state index contributed by atoms with van der Waals surface area (Å²) in [5.74, 6) is 0.322. The van der Waals surface area contributed by atoms with Gasteiger partial charge in [0.2, 0.25) is 0 Å². The van der Waals surface area contributed by atoms with Gasteiger partial charge in [-0.25, -0.2) is 0 Å². The minimum absolute atomic E-state index is 0.135. The lowest BCUT2D eigenvalue weighted by Gasteiger charge is -2.12. The second kappa shape index (κ2) is 2.78. The van der Waals surface area contributed by atoms with E-state index in [1.807, 2.05) is 6.08 Å². The minimum atomic E-state index is 0.135. The van der Waals surface area contributed by atoms with E-state index in [9.17, 15) is 4.79 Å². The highest BCUT2D eigenvalue weighted by atomic mass is 16.3. The van der Waals surface area contributed by atoms with E-state index in [4.69, 9.17) is 5.11 Å². The van der Waals surface area contributed by atoms with E-state index in [2.05, 4.69) is 0 Å². The van der Waals surface area contributed by atoms with E-state index in [-0.39, 0.29) is 18.3 Å². The third kappa shape index (κ3) is 1.64. The molecule has 9 heavy (non-hydrogen) atoms. The lowest BCUT2D eigenvalue weighted by atomic mass is 9.95. The van der Waals surface area contributed by atoms with Crippen LogP contribution in [0.4, 0.5) is 0 Å². The third-order valence-corrected chi connectivity index (χ3v) is 1.52. The summed E-state index contributed by atoms with van der Waals surface area (Å²) < 4.78 is 0. The van der Waals surface area contributed by atoms with Gasteiger partial charge in [0.1, 0.15) is 0 Å². The number of aliphatic hydroxyl groups is 1. The lowest BCUT2D eigenvalue weighted by molar-refractivity contribution is -0.116. The number of allylic oxidation sites excluding steroid dienone is 2. The van der Waals surface area contributed by atoms with Crippen molar-refractivity contribution in [3.63, 3.8) is 0 Å². The van der Waals surface area contributed by atoms with Crippen LogP contribution in [0.25, 0.3) is 0 Å². The van der Waals surface area contributed by atoms with Gasteiger partial charge in [-0.1, -0.05) is 6.08 Å². The van der Waals surface area contributed by atoms with Crippen LogP contribution in [0.5, 0.6) is 0 Å². The average Bonchev–Trinajstić information content (AvgIpc) is 1.88. The van der Waals surface area contributed by atoms with Gasteiger partial charge in [-0.15, -0.1) is 0 Å². The second-order valence-corrected chi connectivity index (χ2v) is 2.36. The molecule has 1 aliphatic rings. The van der Waals surface area contributed by atoms with Gasteiger partial charge in [-0.05, 0) is 18.4 Å². The molecule has 0 saturated heterocycles. The Kier molecular flexibility index (Phi) is 2.01.